The van der Waals surface area contributed by atoms with Crippen LogP contribution in [0.25, 0.3) is 0 Å². The Labute approximate surface area is 121 Å². The molecule has 19 heavy (non-hydrogen) atoms. The highest BCUT2D eigenvalue weighted by Gasteiger charge is 2.21. The van der Waals surface area contributed by atoms with Crippen molar-refractivity contribution in [1.82, 2.24) is 5.32 Å². The number of carbonyl (C=O) groups is 2. The number of carbonyl (C=O) groups excluding carboxylic acids is 1. The van der Waals surface area contributed by atoms with E-state index in [1.165, 1.54) is 0 Å². The molecule has 1 rings (SSSR count). The first-order chi connectivity index (χ1) is 8.90. The summed E-state index contributed by atoms with van der Waals surface area (Å²) in [5.41, 5.74) is 0.841. The molecule has 0 aliphatic rings. The number of nitrogens with one attached hydrogen (secondary N) is 1. The van der Waals surface area contributed by atoms with Crippen LogP contribution in [-0.2, 0) is 16.0 Å². The number of aliphatic carboxylic acids is 1. The topological polar surface area (TPSA) is 66.4 Å². The number of rotatable bonds is 6. The summed E-state index contributed by atoms with van der Waals surface area (Å²) in [4.78, 5) is 22.9. The first-order valence-corrected chi connectivity index (χ1v) is 6.95. The summed E-state index contributed by atoms with van der Waals surface area (Å²) in [5, 5.41) is 11.6. The van der Waals surface area contributed by atoms with Gasteiger partial charge >= 0.3 is 5.97 Å². The van der Waals surface area contributed by atoms with Gasteiger partial charge in [-0.1, -0.05) is 48.0 Å². The fourth-order valence-corrected chi connectivity index (χ4v) is 2.18. The van der Waals surface area contributed by atoms with E-state index in [2.05, 4.69) is 21.2 Å². The second-order valence-electron chi connectivity index (χ2n) is 4.86. The Morgan fingerprint density at radius 1 is 1.32 bits per heavy atom. The van der Waals surface area contributed by atoms with Gasteiger partial charge in [0.2, 0.25) is 5.91 Å². The molecule has 0 saturated carbocycles. The Morgan fingerprint density at radius 3 is 2.47 bits per heavy atom. The summed E-state index contributed by atoms with van der Waals surface area (Å²) in [6, 6.07) is 6.57. The van der Waals surface area contributed by atoms with Crippen molar-refractivity contribution in [1.29, 1.82) is 0 Å². The molecule has 2 N–H and O–H groups in total. The molecular formula is C14H18BrNO3. The van der Waals surface area contributed by atoms with Crippen molar-refractivity contribution in [2.45, 2.75) is 32.7 Å². The smallest absolute Gasteiger partial charge is 0.326 e. The third-order valence-electron chi connectivity index (χ3n) is 2.65. The van der Waals surface area contributed by atoms with Gasteiger partial charge in [-0.05, 0) is 24.0 Å². The zero-order valence-electron chi connectivity index (χ0n) is 11.0. The van der Waals surface area contributed by atoms with E-state index < -0.39 is 12.0 Å². The predicted molar refractivity (Wildman–Crippen MR) is 76.9 cm³/mol. The summed E-state index contributed by atoms with van der Waals surface area (Å²) < 4.78 is 0.848. The SMILES string of the molecule is CC(C)CC(NC(=O)Cc1ccccc1Br)C(=O)O. The van der Waals surface area contributed by atoms with E-state index in [1.807, 2.05) is 38.1 Å². The molecule has 1 aromatic rings. The van der Waals surface area contributed by atoms with E-state index in [4.69, 9.17) is 5.11 Å². The molecule has 1 amide bonds. The normalized spacial score (nSPS) is 12.2. The second kappa shape index (κ2) is 7.28. The largest absolute Gasteiger partial charge is 0.480 e. The van der Waals surface area contributed by atoms with Gasteiger partial charge in [-0.3, -0.25) is 4.79 Å². The van der Waals surface area contributed by atoms with Gasteiger partial charge in [0, 0.05) is 4.47 Å². The average molecular weight is 328 g/mol. The van der Waals surface area contributed by atoms with E-state index in [9.17, 15) is 9.59 Å². The first kappa shape index (κ1) is 15.7. The fourth-order valence-electron chi connectivity index (χ4n) is 1.75. The van der Waals surface area contributed by atoms with E-state index in [0.717, 1.165) is 10.0 Å². The molecule has 104 valence electrons. The third kappa shape index (κ3) is 5.42. The minimum atomic E-state index is -0.992. The molecule has 0 heterocycles. The van der Waals surface area contributed by atoms with Crippen LogP contribution in [0.15, 0.2) is 28.7 Å². The number of hydrogen-bond donors (Lipinski definition) is 2. The first-order valence-electron chi connectivity index (χ1n) is 6.15. The lowest BCUT2D eigenvalue weighted by molar-refractivity contribution is -0.142. The highest BCUT2D eigenvalue weighted by atomic mass is 79.9. The van der Waals surface area contributed by atoms with Crippen LogP contribution in [0.4, 0.5) is 0 Å². The molecule has 0 aliphatic heterocycles. The van der Waals surface area contributed by atoms with Crippen molar-refractivity contribution in [2.24, 2.45) is 5.92 Å². The molecule has 0 aliphatic carbocycles. The highest BCUT2D eigenvalue weighted by Crippen LogP contribution is 2.16. The lowest BCUT2D eigenvalue weighted by atomic mass is 10.0. The number of halogens is 1. The van der Waals surface area contributed by atoms with Crippen LogP contribution in [0.3, 0.4) is 0 Å². The van der Waals surface area contributed by atoms with Crippen LogP contribution in [0, 0.1) is 5.92 Å². The van der Waals surface area contributed by atoms with Gasteiger partial charge in [0.25, 0.3) is 0 Å². The molecule has 4 nitrogen and oxygen atoms in total. The van der Waals surface area contributed by atoms with Crippen molar-refractivity contribution in [2.75, 3.05) is 0 Å². The number of amides is 1. The van der Waals surface area contributed by atoms with Crippen molar-refractivity contribution >= 4 is 27.8 Å². The minimum absolute atomic E-state index is 0.170. The van der Waals surface area contributed by atoms with E-state index in [0.29, 0.717) is 6.42 Å². The quantitative estimate of drug-likeness (QED) is 0.844. The summed E-state index contributed by atoms with van der Waals surface area (Å²) in [6.45, 7) is 3.85. The van der Waals surface area contributed by atoms with Crippen LogP contribution in [0.1, 0.15) is 25.8 Å². The molecule has 0 radical (unpaired) electrons. The maximum atomic E-state index is 11.9. The van der Waals surface area contributed by atoms with Gasteiger partial charge in [-0.15, -0.1) is 0 Å². The Morgan fingerprint density at radius 2 is 1.95 bits per heavy atom. The summed E-state index contributed by atoms with van der Waals surface area (Å²) >= 11 is 3.36. The van der Waals surface area contributed by atoms with Gasteiger partial charge in [0.15, 0.2) is 0 Å². The van der Waals surface area contributed by atoms with Gasteiger partial charge in [0.05, 0.1) is 6.42 Å². The molecular weight excluding hydrogens is 310 g/mol. The molecule has 1 unspecified atom stereocenters. The zero-order chi connectivity index (χ0) is 14.4. The molecule has 0 saturated heterocycles. The van der Waals surface area contributed by atoms with Crippen LogP contribution in [0.5, 0.6) is 0 Å². The molecule has 0 fully saturated rings. The number of carboxylic acids is 1. The number of carboxylic acid groups (broad SMARTS) is 1. The average Bonchev–Trinajstić information content (AvgIpc) is 2.30. The van der Waals surface area contributed by atoms with Gasteiger partial charge in [-0.25, -0.2) is 4.79 Å². The van der Waals surface area contributed by atoms with Gasteiger partial charge < -0.3 is 10.4 Å². The molecule has 5 heteroatoms. The standard InChI is InChI=1S/C14H18BrNO3/c1-9(2)7-12(14(18)19)16-13(17)8-10-5-3-4-6-11(10)15/h3-6,9,12H,7-8H2,1-2H3,(H,16,17)(H,18,19). The molecule has 0 aromatic heterocycles. The molecule has 0 spiro atoms. The van der Waals surface area contributed by atoms with Crippen molar-refractivity contribution < 1.29 is 14.7 Å². The monoisotopic (exact) mass is 327 g/mol. The Bertz CT molecular complexity index is 460. The van der Waals surface area contributed by atoms with E-state index >= 15 is 0 Å². The third-order valence-corrected chi connectivity index (χ3v) is 3.42. The summed E-state index contributed by atoms with van der Waals surface area (Å²) in [6.07, 6.45) is 0.598. The van der Waals surface area contributed by atoms with E-state index in [1.54, 1.807) is 0 Å². The lowest BCUT2D eigenvalue weighted by Gasteiger charge is -2.16. The van der Waals surface area contributed by atoms with Crippen LogP contribution >= 0.6 is 15.9 Å². The highest BCUT2D eigenvalue weighted by molar-refractivity contribution is 9.10. The Balaban J connectivity index is 2.63. The number of hydrogen-bond acceptors (Lipinski definition) is 2. The molecule has 1 atom stereocenters. The molecule has 0 bridgehead atoms. The van der Waals surface area contributed by atoms with Crippen molar-refractivity contribution in [3.05, 3.63) is 34.3 Å². The molecule has 1 aromatic carbocycles. The van der Waals surface area contributed by atoms with Gasteiger partial charge in [-0.2, -0.15) is 0 Å². The fraction of sp³-hybridized carbons (Fsp3) is 0.429. The minimum Gasteiger partial charge on any atom is -0.480 e. The maximum Gasteiger partial charge on any atom is 0.326 e. The lowest BCUT2D eigenvalue weighted by Crippen LogP contribution is -2.42. The Kier molecular flexibility index (Phi) is 6.02. The van der Waals surface area contributed by atoms with Gasteiger partial charge in [0.1, 0.15) is 6.04 Å². The van der Waals surface area contributed by atoms with E-state index in [-0.39, 0.29) is 18.2 Å². The Hall–Kier alpha value is -1.36. The van der Waals surface area contributed by atoms with Crippen molar-refractivity contribution in [3.63, 3.8) is 0 Å². The van der Waals surface area contributed by atoms with Crippen LogP contribution in [0.2, 0.25) is 0 Å². The van der Waals surface area contributed by atoms with Crippen LogP contribution in [-0.4, -0.2) is 23.0 Å². The number of benzene rings is 1. The summed E-state index contributed by atoms with van der Waals surface area (Å²) in [7, 11) is 0. The zero-order valence-corrected chi connectivity index (χ0v) is 12.6. The van der Waals surface area contributed by atoms with Crippen LogP contribution < -0.4 is 5.32 Å². The summed E-state index contributed by atoms with van der Waals surface area (Å²) in [5.74, 6) is -1.06. The second-order valence-corrected chi connectivity index (χ2v) is 5.71. The predicted octanol–water partition coefficient (Wildman–Crippen LogP) is 2.61. The van der Waals surface area contributed by atoms with Crippen molar-refractivity contribution in [3.8, 4) is 0 Å². The maximum absolute atomic E-state index is 11.9.